The van der Waals surface area contributed by atoms with Crippen LogP contribution in [0.3, 0.4) is 0 Å². The number of hydrogen-bond acceptors (Lipinski definition) is 6. The zero-order chi connectivity index (χ0) is 16.7. The second-order valence-corrected chi connectivity index (χ2v) is 5.86. The molecule has 0 amide bonds. The molecular weight excluding hydrogens is 316 g/mol. The quantitative estimate of drug-likeness (QED) is 0.853. The van der Waals surface area contributed by atoms with Crippen molar-refractivity contribution < 1.29 is 23.8 Å². The largest absolute Gasteiger partial charge is 0.475 e. The van der Waals surface area contributed by atoms with Crippen molar-refractivity contribution in [3.63, 3.8) is 0 Å². The third kappa shape index (κ3) is 3.28. The highest BCUT2D eigenvalue weighted by atomic mass is 35.5. The van der Waals surface area contributed by atoms with Crippen molar-refractivity contribution >= 4 is 34.5 Å². The van der Waals surface area contributed by atoms with E-state index in [0.29, 0.717) is 0 Å². The van der Waals surface area contributed by atoms with Gasteiger partial charge in [0.1, 0.15) is 12.1 Å². The Bertz CT molecular complexity index is 814. The van der Waals surface area contributed by atoms with E-state index in [0.717, 1.165) is 10.7 Å². The maximum absolute atomic E-state index is 12.2. The molecular formula is C13H13ClN2O6. The van der Waals surface area contributed by atoms with Crippen LogP contribution in [0, 0.1) is 0 Å². The van der Waals surface area contributed by atoms with Crippen LogP contribution >= 0.6 is 11.6 Å². The summed E-state index contributed by atoms with van der Waals surface area (Å²) in [5.74, 6) is -2.45. The minimum Gasteiger partial charge on any atom is -0.475 e. The minimum absolute atomic E-state index is 0.0686. The fraction of sp³-hybridized carbons (Fsp3) is 0.385. The van der Waals surface area contributed by atoms with Gasteiger partial charge in [-0.25, -0.2) is 9.48 Å². The number of ether oxygens (including phenoxy) is 1. The molecule has 0 spiro atoms. The number of aromatic carboxylic acids is 1. The van der Waals surface area contributed by atoms with Gasteiger partial charge >= 0.3 is 11.9 Å². The van der Waals surface area contributed by atoms with Gasteiger partial charge in [-0.15, -0.1) is 0 Å². The molecule has 22 heavy (non-hydrogen) atoms. The number of furan rings is 1. The number of carboxylic acids is 1. The van der Waals surface area contributed by atoms with Crippen LogP contribution in [-0.2, 0) is 16.1 Å². The van der Waals surface area contributed by atoms with Gasteiger partial charge in [-0.3, -0.25) is 9.59 Å². The Labute approximate surface area is 129 Å². The van der Waals surface area contributed by atoms with Crippen LogP contribution < -0.4 is 5.56 Å². The van der Waals surface area contributed by atoms with Gasteiger partial charge in [0.2, 0.25) is 5.76 Å². The summed E-state index contributed by atoms with van der Waals surface area (Å²) in [4.78, 5) is 34.8. The van der Waals surface area contributed by atoms with Crippen LogP contribution in [-0.4, -0.2) is 32.4 Å². The molecule has 0 radical (unpaired) electrons. The molecule has 118 valence electrons. The smallest absolute Gasteiger partial charge is 0.371 e. The first-order valence-corrected chi connectivity index (χ1v) is 6.61. The first-order valence-electron chi connectivity index (χ1n) is 6.24. The van der Waals surface area contributed by atoms with Crippen LogP contribution in [0.1, 0.15) is 31.3 Å². The Hall–Kier alpha value is -2.35. The summed E-state index contributed by atoms with van der Waals surface area (Å²) in [6.45, 7) is 4.62. The summed E-state index contributed by atoms with van der Waals surface area (Å²) in [5, 5.41) is 12.3. The second kappa shape index (κ2) is 5.45. The molecule has 2 rings (SSSR count). The molecule has 1 N–H and O–H groups in total. The number of hydrogen-bond donors (Lipinski definition) is 1. The number of nitrogens with zero attached hydrogens (tertiary/aromatic N) is 2. The van der Waals surface area contributed by atoms with Crippen LogP contribution in [0.2, 0.25) is 5.15 Å². The number of halogens is 1. The molecule has 0 fully saturated rings. The summed E-state index contributed by atoms with van der Waals surface area (Å²) in [5.41, 5.74) is -1.54. The number of esters is 1. The molecule has 2 heterocycles. The SMILES string of the molecule is CC(C)(C)OC(=O)Cn1nc(Cl)c2oc(C(=O)O)cc2c1=O. The Morgan fingerprint density at radius 2 is 2.09 bits per heavy atom. The van der Waals surface area contributed by atoms with Crippen molar-refractivity contribution in [3.8, 4) is 0 Å². The van der Waals surface area contributed by atoms with E-state index in [2.05, 4.69) is 5.10 Å². The fourth-order valence-electron chi connectivity index (χ4n) is 1.75. The average Bonchev–Trinajstić information content (AvgIpc) is 2.79. The lowest BCUT2D eigenvalue weighted by Crippen LogP contribution is -2.31. The summed E-state index contributed by atoms with van der Waals surface area (Å²) in [6.07, 6.45) is 0. The van der Waals surface area contributed by atoms with E-state index in [1.165, 1.54) is 0 Å². The number of carbonyl (C=O) groups is 2. The third-order valence-corrected chi connectivity index (χ3v) is 2.75. The topological polar surface area (TPSA) is 112 Å². The number of fused-ring (bicyclic) bond motifs is 1. The predicted octanol–water partition coefficient (Wildman–Crippen LogP) is 1.68. The van der Waals surface area contributed by atoms with E-state index in [4.69, 9.17) is 25.9 Å². The number of carboxylic acid groups (broad SMARTS) is 1. The van der Waals surface area contributed by atoms with Crippen molar-refractivity contribution in [2.45, 2.75) is 32.9 Å². The monoisotopic (exact) mass is 328 g/mol. The molecule has 9 heteroatoms. The van der Waals surface area contributed by atoms with Gasteiger partial charge in [0.25, 0.3) is 5.56 Å². The molecule has 0 aliphatic heterocycles. The van der Waals surface area contributed by atoms with E-state index < -0.39 is 35.4 Å². The van der Waals surface area contributed by atoms with Gasteiger partial charge in [0.15, 0.2) is 10.7 Å². The first kappa shape index (κ1) is 16.0. The molecule has 0 aliphatic carbocycles. The molecule has 0 aliphatic rings. The highest BCUT2D eigenvalue weighted by Crippen LogP contribution is 2.22. The van der Waals surface area contributed by atoms with Crippen molar-refractivity contribution in [2.75, 3.05) is 0 Å². The van der Waals surface area contributed by atoms with E-state index in [-0.39, 0.29) is 16.1 Å². The van der Waals surface area contributed by atoms with E-state index in [1.807, 2.05) is 0 Å². The molecule has 2 aromatic heterocycles. The molecule has 0 saturated heterocycles. The lowest BCUT2D eigenvalue weighted by atomic mass is 10.2. The molecule has 0 bridgehead atoms. The normalized spacial score (nSPS) is 11.6. The highest BCUT2D eigenvalue weighted by molar-refractivity contribution is 6.33. The Balaban J connectivity index is 2.44. The van der Waals surface area contributed by atoms with Gasteiger partial charge in [0, 0.05) is 6.07 Å². The lowest BCUT2D eigenvalue weighted by molar-refractivity contribution is -0.155. The summed E-state index contributed by atoms with van der Waals surface area (Å²) < 4.78 is 10.9. The summed E-state index contributed by atoms with van der Waals surface area (Å²) >= 11 is 5.86. The fourth-order valence-corrected chi connectivity index (χ4v) is 1.98. The van der Waals surface area contributed by atoms with E-state index in [1.54, 1.807) is 20.8 Å². The molecule has 0 saturated carbocycles. The number of carbonyl (C=O) groups excluding carboxylic acids is 1. The number of rotatable bonds is 3. The van der Waals surface area contributed by atoms with Crippen LogP contribution in [0.15, 0.2) is 15.3 Å². The molecule has 0 atom stereocenters. The summed E-state index contributed by atoms with van der Waals surface area (Å²) in [6, 6.07) is 1.04. The second-order valence-electron chi connectivity index (χ2n) is 5.50. The number of aromatic nitrogens is 2. The van der Waals surface area contributed by atoms with Crippen LogP contribution in [0.25, 0.3) is 11.0 Å². The lowest BCUT2D eigenvalue weighted by Gasteiger charge is -2.19. The maximum atomic E-state index is 12.2. The molecule has 0 unspecified atom stereocenters. The first-order chi connectivity index (χ1) is 10.1. The zero-order valence-electron chi connectivity index (χ0n) is 12.0. The predicted molar refractivity (Wildman–Crippen MR) is 76.1 cm³/mol. The molecule has 0 aromatic carbocycles. The Morgan fingerprint density at radius 3 is 2.64 bits per heavy atom. The van der Waals surface area contributed by atoms with Gasteiger partial charge in [-0.1, -0.05) is 11.6 Å². The van der Waals surface area contributed by atoms with E-state index >= 15 is 0 Å². The van der Waals surface area contributed by atoms with Crippen molar-refractivity contribution in [3.05, 3.63) is 27.3 Å². The standard InChI is InChI=1S/C13H13ClN2O6/c1-13(2,3)22-8(17)5-16-11(18)6-4-7(12(19)20)21-9(6)10(14)15-16/h4H,5H2,1-3H3,(H,19,20). The van der Waals surface area contributed by atoms with Crippen molar-refractivity contribution in [1.29, 1.82) is 0 Å². The maximum Gasteiger partial charge on any atom is 0.371 e. The third-order valence-electron chi connectivity index (χ3n) is 2.50. The Kier molecular flexibility index (Phi) is 3.97. The average molecular weight is 329 g/mol. The molecule has 8 nitrogen and oxygen atoms in total. The van der Waals surface area contributed by atoms with Crippen molar-refractivity contribution in [2.24, 2.45) is 0 Å². The Morgan fingerprint density at radius 1 is 1.45 bits per heavy atom. The van der Waals surface area contributed by atoms with Crippen molar-refractivity contribution in [1.82, 2.24) is 9.78 Å². The van der Waals surface area contributed by atoms with Gasteiger partial charge < -0.3 is 14.3 Å². The summed E-state index contributed by atoms with van der Waals surface area (Å²) in [7, 11) is 0. The van der Waals surface area contributed by atoms with Gasteiger partial charge in [0.05, 0.1) is 5.39 Å². The highest BCUT2D eigenvalue weighted by Gasteiger charge is 2.21. The van der Waals surface area contributed by atoms with Crippen LogP contribution in [0.5, 0.6) is 0 Å². The van der Waals surface area contributed by atoms with Crippen LogP contribution in [0.4, 0.5) is 0 Å². The van der Waals surface area contributed by atoms with Gasteiger partial charge in [-0.05, 0) is 20.8 Å². The minimum atomic E-state index is -1.34. The molecule has 2 aromatic rings. The zero-order valence-corrected chi connectivity index (χ0v) is 12.8. The van der Waals surface area contributed by atoms with E-state index in [9.17, 15) is 14.4 Å². The van der Waals surface area contributed by atoms with Gasteiger partial charge in [-0.2, -0.15) is 5.10 Å².